The highest BCUT2D eigenvalue weighted by molar-refractivity contribution is 7.92. The minimum Gasteiger partial charge on any atom is -0.358 e. The van der Waals surface area contributed by atoms with Crippen molar-refractivity contribution in [2.24, 2.45) is 0 Å². The molecule has 1 aromatic carbocycles. The minimum atomic E-state index is -3.53. The molecular weight excluding hydrogens is 271 g/mol. The molecule has 0 saturated carbocycles. The van der Waals surface area contributed by atoms with Crippen LogP contribution in [-0.4, -0.2) is 14.7 Å². The molecular formula is C11H9FN4O2S. The van der Waals surface area contributed by atoms with Gasteiger partial charge in [-0.05, 0) is 18.2 Å². The Hall–Kier alpha value is -2.58. The van der Waals surface area contributed by atoms with Gasteiger partial charge in [0.2, 0.25) is 10.0 Å². The first-order valence-electron chi connectivity index (χ1n) is 4.90. The maximum Gasteiger partial charge on any atom is 0.229 e. The summed E-state index contributed by atoms with van der Waals surface area (Å²) in [5.74, 6) is -0.592. The van der Waals surface area contributed by atoms with Crippen LogP contribution in [0.1, 0.15) is 0 Å². The molecule has 0 aliphatic carbocycles. The lowest BCUT2D eigenvalue weighted by molar-refractivity contribution is 0.606. The van der Waals surface area contributed by atoms with Crippen LogP contribution in [0, 0.1) is 28.5 Å². The Kier molecular flexibility index (Phi) is 4.46. The number of nitrogens with zero attached hydrogens (tertiary/aromatic N) is 2. The summed E-state index contributed by atoms with van der Waals surface area (Å²) in [4.78, 5) is 0. The SMILES string of the molecule is CS(=O)(=O)Nc1ccc(F)cc1NC=C(C#N)C#N. The van der Waals surface area contributed by atoms with E-state index in [1.807, 2.05) is 0 Å². The van der Waals surface area contributed by atoms with Crippen molar-refractivity contribution in [3.63, 3.8) is 0 Å². The fraction of sp³-hybridized carbons (Fsp3) is 0.0909. The van der Waals surface area contributed by atoms with Crippen molar-refractivity contribution in [1.29, 1.82) is 10.5 Å². The second kappa shape index (κ2) is 5.85. The minimum absolute atomic E-state index is 0.0911. The van der Waals surface area contributed by atoms with Crippen LogP contribution in [-0.2, 0) is 10.0 Å². The Balaban J connectivity index is 3.13. The second-order valence-electron chi connectivity index (χ2n) is 3.49. The molecule has 0 unspecified atom stereocenters. The van der Waals surface area contributed by atoms with Gasteiger partial charge in [0.25, 0.3) is 0 Å². The van der Waals surface area contributed by atoms with Crippen LogP contribution >= 0.6 is 0 Å². The molecule has 0 saturated heterocycles. The molecule has 1 aromatic rings. The third-order valence-corrected chi connectivity index (χ3v) is 2.48. The van der Waals surface area contributed by atoms with E-state index in [-0.39, 0.29) is 16.9 Å². The summed E-state index contributed by atoms with van der Waals surface area (Å²) >= 11 is 0. The monoisotopic (exact) mass is 280 g/mol. The van der Waals surface area contributed by atoms with E-state index in [2.05, 4.69) is 10.0 Å². The summed E-state index contributed by atoms with van der Waals surface area (Å²) in [6.07, 6.45) is 2.01. The fourth-order valence-corrected chi connectivity index (χ4v) is 1.74. The highest BCUT2D eigenvalue weighted by Gasteiger charge is 2.08. The van der Waals surface area contributed by atoms with Crippen LogP contribution in [0.25, 0.3) is 0 Å². The maximum absolute atomic E-state index is 13.1. The molecule has 19 heavy (non-hydrogen) atoms. The molecule has 6 nitrogen and oxygen atoms in total. The van der Waals surface area contributed by atoms with Gasteiger partial charge < -0.3 is 5.32 Å². The number of sulfonamides is 1. The lowest BCUT2D eigenvalue weighted by Crippen LogP contribution is -2.11. The number of benzene rings is 1. The predicted octanol–water partition coefficient (Wildman–Crippen LogP) is 1.54. The summed E-state index contributed by atoms with van der Waals surface area (Å²) in [6, 6.07) is 6.57. The second-order valence-corrected chi connectivity index (χ2v) is 5.24. The largest absolute Gasteiger partial charge is 0.358 e. The van der Waals surface area contributed by atoms with E-state index in [0.717, 1.165) is 24.6 Å². The maximum atomic E-state index is 13.1. The zero-order valence-corrected chi connectivity index (χ0v) is 10.6. The first-order valence-corrected chi connectivity index (χ1v) is 6.79. The summed E-state index contributed by atoms with van der Waals surface area (Å²) < 4.78 is 37.6. The number of rotatable bonds is 4. The number of nitrogens with one attached hydrogen (secondary N) is 2. The zero-order valence-electron chi connectivity index (χ0n) is 9.81. The van der Waals surface area contributed by atoms with Gasteiger partial charge in [-0.2, -0.15) is 10.5 Å². The van der Waals surface area contributed by atoms with Gasteiger partial charge >= 0.3 is 0 Å². The van der Waals surface area contributed by atoms with E-state index in [9.17, 15) is 12.8 Å². The van der Waals surface area contributed by atoms with Crippen molar-refractivity contribution in [2.45, 2.75) is 0 Å². The van der Waals surface area contributed by atoms with Gasteiger partial charge in [0, 0.05) is 6.20 Å². The molecule has 0 spiro atoms. The smallest absolute Gasteiger partial charge is 0.229 e. The van der Waals surface area contributed by atoms with Crippen molar-refractivity contribution in [3.05, 3.63) is 35.8 Å². The van der Waals surface area contributed by atoms with E-state index in [0.29, 0.717) is 0 Å². The summed E-state index contributed by atoms with van der Waals surface area (Å²) in [5, 5.41) is 19.6. The predicted molar refractivity (Wildman–Crippen MR) is 67.8 cm³/mol. The quantitative estimate of drug-likeness (QED) is 0.814. The first-order chi connectivity index (χ1) is 8.85. The van der Waals surface area contributed by atoms with Gasteiger partial charge in [-0.25, -0.2) is 12.8 Å². The molecule has 8 heteroatoms. The number of hydrogen-bond donors (Lipinski definition) is 2. The highest BCUT2D eigenvalue weighted by Crippen LogP contribution is 2.23. The Bertz CT molecular complexity index is 682. The zero-order chi connectivity index (χ0) is 14.5. The van der Waals surface area contributed by atoms with Crippen LogP contribution in [0.4, 0.5) is 15.8 Å². The molecule has 0 radical (unpaired) electrons. The topological polar surface area (TPSA) is 106 Å². The molecule has 0 atom stereocenters. The first kappa shape index (κ1) is 14.5. The van der Waals surface area contributed by atoms with Gasteiger partial charge in [0.05, 0.1) is 17.6 Å². The number of allylic oxidation sites excluding steroid dienone is 1. The molecule has 0 heterocycles. The molecule has 0 amide bonds. The van der Waals surface area contributed by atoms with E-state index in [1.165, 1.54) is 6.07 Å². The van der Waals surface area contributed by atoms with E-state index >= 15 is 0 Å². The number of anilines is 2. The standard InChI is InChI=1S/C11H9FN4O2S/c1-19(17,18)16-10-3-2-9(12)4-11(10)15-7-8(5-13)6-14/h2-4,7,15-16H,1H3. The number of hydrogen-bond acceptors (Lipinski definition) is 5. The Morgan fingerprint density at radius 2 is 1.95 bits per heavy atom. The molecule has 0 aliphatic heterocycles. The molecule has 2 N–H and O–H groups in total. The van der Waals surface area contributed by atoms with E-state index in [1.54, 1.807) is 12.1 Å². The lowest BCUT2D eigenvalue weighted by atomic mass is 10.2. The average molecular weight is 280 g/mol. The van der Waals surface area contributed by atoms with Gasteiger partial charge in [0.15, 0.2) is 0 Å². The van der Waals surface area contributed by atoms with Crippen molar-refractivity contribution in [3.8, 4) is 12.1 Å². The van der Waals surface area contributed by atoms with Crippen LogP contribution < -0.4 is 10.0 Å². The Labute approximate surface area is 109 Å². The van der Waals surface area contributed by atoms with Crippen LogP contribution in [0.15, 0.2) is 30.0 Å². The molecule has 0 bridgehead atoms. The molecule has 98 valence electrons. The van der Waals surface area contributed by atoms with E-state index in [4.69, 9.17) is 10.5 Å². The summed E-state index contributed by atoms with van der Waals surface area (Å²) in [7, 11) is -3.53. The van der Waals surface area contributed by atoms with Gasteiger partial charge in [-0.15, -0.1) is 0 Å². The van der Waals surface area contributed by atoms with Crippen molar-refractivity contribution in [1.82, 2.24) is 0 Å². The fourth-order valence-electron chi connectivity index (χ4n) is 1.16. The molecule has 0 aliphatic rings. The van der Waals surface area contributed by atoms with Gasteiger partial charge in [-0.3, -0.25) is 4.72 Å². The number of nitriles is 2. The lowest BCUT2D eigenvalue weighted by Gasteiger charge is -2.10. The van der Waals surface area contributed by atoms with Crippen LogP contribution in [0.5, 0.6) is 0 Å². The average Bonchev–Trinajstić information content (AvgIpc) is 2.32. The third kappa shape index (κ3) is 4.66. The molecule has 1 rings (SSSR count). The highest BCUT2D eigenvalue weighted by atomic mass is 32.2. The molecule has 0 aromatic heterocycles. The molecule has 0 fully saturated rings. The Morgan fingerprint density at radius 3 is 2.47 bits per heavy atom. The third-order valence-electron chi connectivity index (χ3n) is 1.89. The van der Waals surface area contributed by atoms with E-state index < -0.39 is 15.8 Å². The summed E-state index contributed by atoms with van der Waals surface area (Å²) in [6.45, 7) is 0. The van der Waals surface area contributed by atoms with Gasteiger partial charge in [0.1, 0.15) is 23.5 Å². The van der Waals surface area contributed by atoms with Gasteiger partial charge in [-0.1, -0.05) is 0 Å². The normalized spacial score (nSPS) is 9.89. The van der Waals surface area contributed by atoms with Crippen molar-refractivity contribution in [2.75, 3.05) is 16.3 Å². The van der Waals surface area contributed by atoms with Crippen molar-refractivity contribution >= 4 is 21.4 Å². The van der Waals surface area contributed by atoms with Crippen LogP contribution in [0.2, 0.25) is 0 Å². The Morgan fingerprint density at radius 1 is 1.32 bits per heavy atom. The van der Waals surface area contributed by atoms with Crippen molar-refractivity contribution < 1.29 is 12.8 Å². The number of halogens is 1. The summed E-state index contributed by atoms with van der Waals surface area (Å²) in [5.41, 5.74) is -0.0293. The van der Waals surface area contributed by atoms with Crippen LogP contribution in [0.3, 0.4) is 0 Å².